The molecule has 0 radical (unpaired) electrons. The Hall–Kier alpha value is -1.78. The molecule has 0 bridgehead atoms. The highest BCUT2D eigenvalue weighted by molar-refractivity contribution is 6.04. The molecule has 0 atom stereocenters. The third-order valence-corrected chi connectivity index (χ3v) is 2.65. The van der Waals surface area contributed by atoms with Crippen molar-refractivity contribution in [1.29, 1.82) is 0 Å². The van der Waals surface area contributed by atoms with Crippen molar-refractivity contribution in [2.45, 2.75) is 33.7 Å². The van der Waals surface area contributed by atoms with Crippen LogP contribution in [0.15, 0.2) is 17.4 Å². The minimum atomic E-state index is 0.754. The minimum Gasteiger partial charge on any atom is -0.324 e. The molecule has 2 heterocycles. The number of aliphatic imine (C=N–C) groups is 1. The quantitative estimate of drug-likeness (QED) is 0.840. The van der Waals surface area contributed by atoms with Crippen LogP contribution in [0.1, 0.15) is 32.9 Å². The van der Waals surface area contributed by atoms with Crippen LogP contribution in [0.5, 0.6) is 0 Å². The number of aromatic nitrogens is 2. The van der Waals surface area contributed by atoms with Gasteiger partial charge in [0.2, 0.25) is 5.96 Å². The van der Waals surface area contributed by atoms with E-state index in [1.807, 2.05) is 26.3 Å². The lowest BCUT2D eigenvalue weighted by molar-refractivity contribution is 0.685. The predicted octanol–water partition coefficient (Wildman–Crippen LogP) is 2.04. The number of aryl methyl sites for hydroxylation is 1. The zero-order chi connectivity index (χ0) is 12.3. The van der Waals surface area contributed by atoms with Crippen molar-refractivity contribution in [2.24, 2.45) is 4.99 Å². The molecule has 1 aromatic rings. The van der Waals surface area contributed by atoms with Gasteiger partial charge in [-0.15, -0.1) is 0 Å². The molecule has 0 saturated heterocycles. The van der Waals surface area contributed by atoms with Gasteiger partial charge in [0.25, 0.3) is 0 Å². The molecule has 1 aliphatic rings. The van der Waals surface area contributed by atoms with Gasteiger partial charge in [0.1, 0.15) is 11.5 Å². The van der Waals surface area contributed by atoms with E-state index in [-0.39, 0.29) is 0 Å². The fourth-order valence-corrected chi connectivity index (χ4v) is 1.90. The summed E-state index contributed by atoms with van der Waals surface area (Å²) in [5.74, 6) is 1.83. The second kappa shape index (κ2) is 5.03. The monoisotopic (exact) mass is 233 g/mol. The average Bonchev–Trinajstić information content (AvgIpc) is 2.73. The van der Waals surface area contributed by atoms with Gasteiger partial charge in [-0.1, -0.05) is 13.0 Å². The summed E-state index contributed by atoms with van der Waals surface area (Å²) in [6, 6.07) is 0. The van der Waals surface area contributed by atoms with Crippen molar-refractivity contribution in [3.63, 3.8) is 0 Å². The van der Waals surface area contributed by atoms with Gasteiger partial charge in [-0.05, 0) is 20.3 Å². The zero-order valence-electron chi connectivity index (χ0n) is 10.6. The highest BCUT2D eigenvalue weighted by Crippen LogP contribution is 2.24. The average molecular weight is 233 g/mol. The van der Waals surface area contributed by atoms with Crippen LogP contribution in [-0.2, 0) is 6.54 Å². The number of hydrogen-bond acceptors (Lipinski definition) is 2. The van der Waals surface area contributed by atoms with Gasteiger partial charge in [-0.2, -0.15) is 0 Å². The van der Waals surface area contributed by atoms with Crippen LogP contribution in [0.2, 0.25) is 0 Å². The maximum Gasteiger partial charge on any atom is 0.201 e. The number of nitrogens with zero attached hydrogens (tertiary/aromatic N) is 3. The van der Waals surface area contributed by atoms with E-state index in [9.17, 15) is 0 Å². The van der Waals surface area contributed by atoms with Gasteiger partial charge < -0.3 is 15.2 Å². The van der Waals surface area contributed by atoms with Crippen LogP contribution in [-0.4, -0.2) is 22.1 Å². The van der Waals surface area contributed by atoms with Crippen LogP contribution in [0, 0.1) is 0 Å². The molecule has 92 valence electrons. The molecular weight excluding hydrogens is 214 g/mol. The standard InChI is InChI=1S/C12H19N5/c1-4-7-17-8-14-10-9(5-2)15-12(13-6-3)16-11(10)17/h5,8H,4,6-7H2,1-3H3,(H2,13,15,16)/b9-5-. The summed E-state index contributed by atoms with van der Waals surface area (Å²) in [7, 11) is 0. The summed E-state index contributed by atoms with van der Waals surface area (Å²) < 4.78 is 2.13. The fraction of sp³-hybridized carbons (Fsp3) is 0.500. The molecule has 2 N–H and O–H groups in total. The molecule has 5 nitrogen and oxygen atoms in total. The van der Waals surface area contributed by atoms with Crippen molar-refractivity contribution in [1.82, 2.24) is 14.9 Å². The highest BCUT2D eigenvalue weighted by Gasteiger charge is 2.21. The molecule has 1 aromatic heterocycles. The van der Waals surface area contributed by atoms with Crippen LogP contribution in [0.4, 0.5) is 5.82 Å². The summed E-state index contributed by atoms with van der Waals surface area (Å²) in [6.45, 7) is 7.89. The molecule has 0 unspecified atom stereocenters. The largest absolute Gasteiger partial charge is 0.324 e. The third kappa shape index (κ3) is 2.18. The summed E-state index contributed by atoms with van der Waals surface area (Å²) in [5, 5.41) is 6.53. The van der Waals surface area contributed by atoms with E-state index in [1.165, 1.54) is 0 Å². The Balaban J connectivity index is 2.40. The van der Waals surface area contributed by atoms with Gasteiger partial charge in [-0.3, -0.25) is 4.99 Å². The number of rotatable bonds is 3. The molecule has 17 heavy (non-hydrogen) atoms. The Morgan fingerprint density at radius 1 is 1.41 bits per heavy atom. The lowest BCUT2D eigenvalue weighted by Gasteiger charge is -2.21. The Bertz CT molecular complexity index is 455. The van der Waals surface area contributed by atoms with Crippen molar-refractivity contribution < 1.29 is 0 Å². The van der Waals surface area contributed by atoms with Crippen LogP contribution < -0.4 is 10.6 Å². The van der Waals surface area contributed by atoms with Gasteiger partial charge in [-0.25, -0.2) is 4.98 Å². The SMILES string of the molecule is C/C=C1\NC(=NCC)Nc2c1ncn2CCC. The summed E-state index contributed by atoms with van der Waals surface area (Å²) in [4.78, 5) is 8.81. The van der Waals surface area contributed by atoms with Crippen molar-refractivity contribution >= 4 is 17.5 Å². The molecule has 2 rings (SSSR count). The van der Waals surface area contributed by atoms with E-state index >= 15 is 0 Å². The topological polar surface area (TPSA) is 54.2 Å². The van der Waals surface area contributed by atoms with E-state index in [0.717, 1.165) is 42.7 Å². The van der Waals surface area contributed by atoms with Crippen LogP contribution >= 0.6 is 0 Å². The summed E-state index contributed by atoms with van der Waals surface area (Å²) in [5.41, 5.74) is 1.98. The number of fused-ring (bicyclic) bond motifs is 1. The first-order chi connectivity index (χ1) is 8.30. The second-order valence-corrected chi connectivity index (χ2v) is 3.91. The van der Waals surface area contributed by atoms with Crippen molar-refractivity contribution in [2.75, 3.05) is 11.9 Å². The smallest absolute Gasteiger partial charge is 0.201 e. The van der Waals surface area contributed by atoms with Gasteiger partial charge in [0.05, 0.1) is 12.0 Å². The number of allylic oxidation sites excluding steroid dienone is 1. The number of guanidine groups is 1. The number of imidazole rings is 1. The third-order valence-electron chi connectivity index (χ3n) is 2.65. The summed E-state index contributed by atoms with van der Waals surface area (Å²) >= 11 is 0. The molecule has 1 aliphatic heterocycles. The molecular formula is C12H19N5. The zero-order valence-corrected chi connectivity index (χ0v) is 10.6. The van der Waals surface area contributed by atoms with Gasteiger partial charge in [0, 0.05) is 13.1 Å². The number of nitrogens with one attached hydrogen (secondary N) is 2. The minimum absolute atomic E-state index is 0.754. The Morgan fingerprint density at radius 2 is 2.24 bits per heavy atom. The molecule has 0 amide bonds. The van der Waals surface area contributed by atoms with E-state index in [4.69, 9.17) is 0 Å². The lowest BCUT2D eigenvalue weighted by atomic mass is 10.2. The van der Waals surface area contributed by atoms with E-state index in [2.05, 4.69) is 32.1 Å². The molecule has 0 aromatic carbocycles. The lowest BCUT2D eigenvalue weighted by Crippen LogP contribution is -2.35. The first-order valence-corrected chi connectivity index (χ1v) is 6.10. The van der Waals surface area contributed by atoms with E-state index in [1.54, 1.807) is 0 Å². The normalized spacial score (nSPS) is 19.0. The van der Waals surface area contributed by atoms with Crippen molar-refractivity contribution in [3.8, 4) is 0 Å². The summed E-state index contributed by atoms with van der Waals surface area (Å²) in [6.07, 6.45) is 4.98. The highest BCUT2D eigenvalue weighted by atomic mass is 15.3. The molecule has 5 heteroatoms. The Kier molecular flexibility index (Phi) is 3.46. The molecule has 0 aliphatic carbocycles. The Morgan fingerprint density at radius 3 is 2.88 bits per heavy atom. The van der Waals surface area contributed by atoms with E-state index in [0.29, 0.717) is 0 Å². The molecule has 0 saturated carbocycles. The van der Waals surface area contributed by atoms with Crippen LogP contribution in [0.25, 0.3) is 5.70 Å². The first-order valence-electron chi connectivity index (χ1n) is 6.10. The maximum atomic E-state index is 4.44. The second-order valence-electron chi connectivity index (χ2n) is 3.91. The van der Waals surface area contributed by atoms with Crippen molar-refractivity contribution in [3.05, 3.63) is 18.1 Å². The van der Waals surface area contributed by atoms with Gasteiger partial charge >= 0.3 is 0 Å². The molecule has 0 fully saturated rings. The predicted molar refractivity (Wildman–Crippen MR) is 70.9 cm³/mol. The Labute approximate surface area is 102 Å². The van der Waals surface area contributed by atoms with Gasteiger partial charge in [0.15, 0.2) is 0 Å². The van der Waals surface area contributed by atoms with E-state index < -0.39 is 0 Å². The molecule has 0 spiro atoms. The maximum absolute atomic E-state index is 4.44. The van der Waals surface area contributed by atoms with Crippen LogP contribution in [0.3, 0.4) is 0 Å². The number of anilines is 1. The number of hydrogen-bond donors (Lipinski definition) is 2. The first kappa shape index (κ1) is 11.7. The fourth-order valence-electron chi connectivity index (χ4n) is 1.90.